The van der Waals surface area contributed by atoms with Crippen LogP contribution in [0.4, 0.5) is 0 Å². The Morgan fingerprint density at radius 3 is 2.45 bits per heavy atom. The summed E-state index contributed by atoms with van der Waals surface area (Å²) in [6, 6.07) is 20.5. The second kappa shape index (κ2) is 9.73. The largest absolute Gasteiger partial charge is 0.492 e. The van der Waals surface area contributed by atoms with Crippen molar-refractivity contribution >= 4 is 22.6 Å². The molecule has 1 atom stereocenters. The van der Waals surface area contributed by atoms with Gasteiger partial charge in [0.25, 0.3) is 5.91 Å². The number of unbranched alkanes of at least 4 members (excludes halogenated alkanes) is 1. The van der Waals surface area contributed by atoms with Gasteiger partial charge in [-0.25, -0.2) is 0 Å². The van der Waals surface area contributed by atoms with Gasteiger partial charge >= 0.3 is 5.97 Å². The Kier molecular flexibility index (Phi) is 6.85. The average molecular weight is 391 g/mol. The van der Waals surface area contributed by atoms with Crippen molar-refractivity contribution in [2.24, 2.45) is 0 Å². The van der Waals surface area contributed by atoms with Crippen molar-refractivity contribution in [1.29, 1.82) is 0 Å². The Balaban J connectivity index is 1.71. The van der Waals surface area contributed by atoms with E-state index in [0.29, 0.717) is 17.9 Å². The van der Waals surface area contributed by atoms with E-state index >= 15 is 0 Å². The third-order valence-electron chi connectivity index (χ3n) is 4.79. The van der Waals surface area contributed by atoms with Crippen molar-refractivity contribution in [3.8, 4) is 5.75 Å². The van der Waals surface area contributed by atoms with Crippen LogP contribution in [0.15, 0.2) is 66.7 Å². The SMILES string of the molecule is C[C@@H](NC(=O)c1ccc2ccccc2c1OCCCCc1ccccc1)C(=O)O. The topological polar surface area (TPSA) is 75.6 Å². The molecule has 0 aliphatic carbocycles. The van der Waals surface area contributed by atoms with E-state index in [0.717, 1.165) is 30.0 Å². The van der Waals surface area contributed by atoms with Crippen molar-refractivity contribution in [1.82, 2.24) is 5.32 Å². The number of hydrogen-bond acceptors (Lipinski definition) is 3. The van der Waals surface area contributed by atoms with Crippen LogP contribution in [0.2, 0.25) is 0 Å². The molecule has 0 saturated heterocycles. The number of aliphatic carboxylic acids is 1. The average Bonchev–Trinajstić information content (AvgIpc) is 2.74. The minimum atomic E-state index is -1.08. The maximum atomic E-state index is 12.6. The first kappa shape index (κ1) is 20.4. The van der Waals surface area contributed by atoms with Gasteiger partial charge in [-0.3, -0.25) is 9.59 Å². The molecule has 3 aromatic rings. The summed E-state index contributed by atoms with van der Waals surface area (Å²) in [6.07, 6.45) is 2.81. The van der Waals surface area contributed by atoms with Crippen LogP contribution >= 0.6 is 0 Å². The highest BCUT2D eigenvalue weighted by Gasteiger charge is 2.20. The van der Waals surface area contributed by atoms with Gasteiger partial charge in [0.2, 0.25) is 0 Å². The van der Waals surface area contributed by atoms with Gasteiger partial charge in [0.05, 0.1) is 12.2 Å². The number of fused-ring (bicyclic) bond motifs is 1. The monoisotopic (exact) mass is 391 g/mol. The van der Waals surface area contributed by atoms with Crippen molar-refractivity contribution in [2.45, 2.75) is 32.2 Å². The third-order valence-corrected chi connectivity index (χ3v) is 4.79. The van der Waals surface area contributed by atoms with Crippen molar-refractivity contribution < 1.29 is 19.4 Å². The molecule has 0 unspecified atom stereocenters. The number of amides is 1. The summed E-state index contributed by atoms with van der Waals surface area (Å²) < 4.78 is 6.04. The van der Waals surface area contributed by atoms with E-state index in [1.807, 2.05) is 48.5 Å². The first-order valence-electron chi connectivity index (χ1n) is 9.78. The molecular formula is C24H25NO4. The van der Waals surface area contributed by atoms with Gasteiger partial charge in [0.1, 0.15) is 11.8 Å². The fourth-order valence-corrected chi connectivity index (χ4v) is 3.16. The zero-order chi connectivity index (χ0) is 20.6. The second-order valence-electron chi connectivity index (χ2n) is 6.99. The fraction of sp³-hybridized carbons (Fsp3) is 0.250. The molecule has 0 aromatic heterocycles. The molecule has 0 bridgehead atoms. The third kappa shape index (κ3) is 5.35. The summed E-state index contributed by atoms with van der Waals surface area (Å²) in [5.41, 5.74) is 1.64. The number of nitrogens with one attached hydrogen (secondary N) is 1. The van der Waals surface area contributed by atoms with E-state index in [1.54, 1.807) is 6.07 Å². The van der Waals surface area contributed by atoms with Gasteiger partial charge in [-0.1, -0.05) is 60.7 Å². The van der Waals surface area contributed by atoms with Gasteiger partial charge in [-0.2, -0.15) is 0 Å². The standard InChI is InChI=1S/C24H25NO4/c1-17(24(27)28)25-23(26)21-15-14-19-12-5-6-13-20(19)22(21)29-16-8-7-11-18-9-3-2-4-10-18/h2-6,9-10,12-15,17H,7-8,11,16H2,1H3,(H,25,26)(H,27,28)/t17-/m1/s1. The molecular weight excluding hydrogens is 366 g/mol. The van der Waals surface area contributed by atoms with E-state index < -0.39 is 17.9 Å². The van der Waals surface area contributed by atoms with Crippen LogP contribution in [-0.2, 0) is 11.2 Å². The lowest BCUT2D eigenvalue weighted by Crippen LogP contribution is -2.38. The quantitative estimate of drug-likeness (QED) is 0.529. The predicted octanol–water partition coefficient (Wildman–Crippen LogP) is 4.44. The molecule has 0 radical (unpaired) electrons. The van der Waals surface area contributed by atoms with E-state index in [4.69, 9.17) is 9.84 Å². The zero-order valence-corrected chi connectivity index (χ0v) is 16.4. The highest BCUT2D eigenvalue weighted by molar-refractivity contribution is 6.04. The summed E-state index contributed by atoms with van der Waals surface area (Å²) in [5.74, 6) is -1.04. The Morgan fingerprint density at radius 1 is 0.966 bits per heavy atom. The number of carboxylic acid groups (broad SMARTS) is 1. The molecule has 3 rings (SSSR count). The number of aryl methyl sites for hydroxylation is 1. The minimum absolute atomic E-state index is 0.347. The van der Waals surface area contributed by atoms with E-state index in [1.165, 1.54) is 12.5 Å². The van der Waals surface area contributed by atoms with Crippen LogP contribution in [0, 0.1) is 0 Å². The molecule has 1 amide bonds. The van der Waals surface area contributed by atoms with Crippen LogP contribution < -0.4 is 10.1 Å². The molecule has 0 aliphatic heterocycles. The van der Waals surface area contributed by atoms with E-state index in [2.05, 4.69) is 17.4 Å². The molecule has 29 heavy (non-hydrogen) atoms. The Morgan fingerprint density at radius 2 is 1.69 bits per heavy atom. The fourth-order valence-electron chi connectivity index (χ4n) is 3.16. The Bertz CT molecular complexity index is 985. The molecule has 5 nitrogen and oxygen atoms in total. The first-order valence-corrected chi connectivity index (χ1v) is 9.78. The van der Waals surface area contributed by atoms with Crippen LogP contribution in [0.1, 0.15) is 35.7 Å². The van der Waals surface area contributed by atoms with Gasteiger partial charge in [0, 0.05) is 5.39 Å². The number of hydrogen-bond donors (Lipinski definition) is 2. The van der Waals surface area contributed by atoms with Crippen LogP contribution in [-0.4, -0.2) is 29.6 Å². The normalized spacial score (nSPS) is 11.8. The molecule has 2 N–H and O–H groups in total. The van der Waals surface area contributed by atoms with Gasteiger partial charge in [0.15, 0.2) is 0 Å². The number of ether oxygens (including phenoxy) is 1. The molecule has 0 fully saturated rings. The lowest BCUT2D eigenvalue weighted by Gasteiger charge is -2.16. The van der Waals surface area contributed by atoms with Gasteiger partial charge < -0.3 is 15.2 Å². The predicted molar refractivity (Wildman–Crippen MR) is 113 cm³/mol. The summed E-state index contributed by atoms with van der Waals surface area (Å²) in [4.78, 5) is 23.7. The number of rotatable bonds is 9. The number of carbonyl (C=O) groups is 2. The highest BCUT2D eigenvalue weighted by Crippen LogP contribution is 2.30. The molecule has 5 heteroatoms. The molecule has 0 spiro atoms. The molecule has 0 aliphatic rings. The lowest BCUT2D eigenvalue weighted by atomic mass is 10.0. The summed E-state index contributed by atoms with van der Waals surface area (Å²) in [6.45, 7) is 1.92. The number of carbonyl (C=O) groups excluding carboxylic acids is 1. The molecule has 3 aromatic carbocycles. The Hall–Kier alpha value is -3.34. The number of carboxylic acids is 1. The van der Waals surface area contributed by atoms with E-state index in [9.17, 15) is 9.59 Å². The zero-order valence-electron chi connectivity index (χ0n) is 16.4. The second-order valence-corrected chi connectivity index (χ2v) is 6.99. The Labute approximate surface area is 170 Å². The van der Waals surface area contributed by atoms with Crippen molar-refractivity contribution in [3.05, 3.63) is 77.9 Å². The van der Waals surface area contributed by atoms with Crippen LogP contribution in [0.25, 0.3) is 10.8 Å². The van der Waals surface area contributed by atoms with Crippen LogP contribution in [0.3, 0.4) is 0 Å². The lowest BCUT2D eigenvalue weighted by molar-refractivity contribution is -0.138. The first-order chi connectivity index (χ1) is 14.1. The van der Waals surface area contributed by atoms with Crippen molar-refractivity contribution in [3.63, 3.8) is 0 Å². The molecule has 0 saturated carbocycles. The van der Waals surface area contributed by atoms with E-state index in [-0.39, 0.29) is 0 Å². The van der Waals surface area contributed by atoms with Gasteiger partial charge in [-0.05, 0) is 43.2 Å². The highest BCUT2D eigenvalue weighted by atomic mass is 16.5. The number of benzene rings is 3. The maximum Gasteiger partial charge on any atom is 0.325 e. The smallest absolute Gasteiger partial charge is 0.325 e. The minimum Gasteiger partial charge on any atom is -0.492 e. The molecule has 150 valence electrons. The van der Waals surface area contributed by atoms with Crippen LogP contribution in [0.5, 0.6) is 5.75 Å². The summed E-state index contributed by atoms with van der Waals surface area (Å²) in [5, 5.41) is 13.4. The van der Waals surface area contributed by atoms with Crippen molar-refractivity contribution in [2.75, 3.05) is 6.61 Å². The summed E-state index contributed by atoms with van der Waals surface area (Å²) in [7, 11) is 0. The molecule has 0 heterocycles. The van der Waals surface area contributed by atoms with Gasteiger partial charge in [-0.15, -0.1) is 0 Å². The summed E-state index contributed by atoms with van der Waals surface area (Å²) >= 11 is 0. The maximum absolute atomic E-state index is 12.6.